The van der Waals surface area contributed by atoms with Crippen LogP contribution in [-0.4, -0.2) is 15.9 Å². The molecule has 4 rings (SSSR count). The van der Waals surface area contributed by atoms with E-state index in [1.165, 1.54) is 0 Å². The lowest BCUT2D eigenvalue weighted by atomic mass is 9.93. The van der Waals surface area contributed by atoms with E-state index < -0.39 is 0 Å². The number of fused-ring (bicyclic) bond motifs is 3. The van der Waals surface area contributed by atoms with E-state index in [1.54, 1.807) is 12.1 Å². The van der Waals surface area contributed by atoms with Gasteiger partial charge in [-0.05, 0) is 42.9 Å². The zero-order valence-corrected chi connectivity index (χ0v) is 10.8. The number of imidazole rings is 1. The number of anilines is 1. The standard InChI is InChI=1S/C15H15N3O2/c19-14(11-6-8-1-2-9(11)5-8)16-10-3-4-12-13(7-10)18-15(20)17-12/h1-4,7-9,11H,5-6H2,(H,16,19)(H2,17,18,20)/t8-,9-,11+/m0/s1. The summed E-state index contributed by atoms with van der Waals surface area (Å²) in [6.45, 7) is 0. The van der Waals surface area contributed by atoms with Crippen molar-refractivity contribution in [1.82, 2.24) is 9.97 Å². The van der Waals surface area contributed by atoms with Gasteiger partial charge >= 0.3 is 5.69 Å². The highest BCUT2D eigenvalue weighted by Gasteiger charge is 2.39. The fourth-order valence-electron chi connectivity index (χ4n) is 3.43. The van der Waals surface area contributed by atoms with Gasteiger partial charge in [0.25, 0.3) is 0 Å². The van der Waals surface area contributed by atoms with Crippen LogP contribution >= 0.6 is 0 Å². The molecule has 3 N–H and O–H groups in total. The second-order valence-corrected chi connectivity index (χ2v) is 5.72. The Kier molecular flexibility index (Phi) is 2.36. The highest BCUT2D eigenvalue weighted by atomic mass is 16.2. The number of allylic oxidation sites excluding steroid dienone is 2. The predicted molar refractivity (Wildman–Crippen MR) is 76.4 cm³/mol. The second-order valence-electron chi connectivity index (χ2n) is 5.72. The molecule has 3 atom stereocenters. The predicted octanol–water partition coefficient (Wildman–Crippen LogP) is 2.01. The van der Waals surface area contributed by atoms with E-state index in [0.29, 0.717) is 17.4 Å². The summed E-state index contributed by atoms with van der Waals surface area (Å²) >= 11 is 0. The number of nitrogens with one attached hydrogen (secondary N) is 3. The molecule has 2 aromatic rings. The lowest BCUT2D eigenvalue weighted by Gasteiger charge is -2.17. The number of carbonyl (C=O) groups excluding carboxylic acids is 1. The normalized spacial score (nSPS) is 27.3. The maximum absolute atomic E-state index is 12.3. The first-order valence-electron chi connectivity index (χ1n) is 6.90. The first kappa shape index (κ1) is 11.5. The number of hydrogen-bond donors (Lipinski definition) is 3. The molecule has 1 fully saturated rings. The Labute approximate surface area is 115 Å². The van der Waals surface area contributed by atoms with E-state index in [-0.39, 0.29) is 17.5 Å². The number of hydrogen-bond acceptors (Lipinski definition) is 2. The molecule has 0 aliphatic heterocycles. The van der Waals surface area contributed by atoms with E-state index in [9.17, 15) is 9.59 Å². The largest absolute Gasteiger partial charge is 0.326 e. The molecule has 5 nitrogen and oxygen atoms in total. The Morgan fingerprint density at radius 1 is 1.15 bits per heavy atom. The van der Waals surface area contributed by atoms with Gasteiger partial charge in [-0.3, -0.25) is 4.79 Å². The monoisotopic (exact) mass is 269 g/mol. The molecule has 2 bridgehead atoms. The molecule has 1 amide bonds. The van der Waals surface area contributed by atoms with Crippen molar-refractivity contribution in [2.45, 2.75) is 12.8 Å². The molecule has 20 heavy (non-hydrogen) atoms. The number of H-pyrrole nitrogens is 2. The van der Waals surface area contributed by atoms with Gasteiger partial charge in [-0.1, -0.05) is 12.2 Å². The highest BCUT2D eigenvalue weighted by molar-refractivity contribution is 5.95. The highest BCUT2D eigenvalue weighted by Crippen LogP contribution is 2.43. The average molecular weight is 269 g/mol. The third kappa shape index (κ3) is 1.78. The zero-order chi connectivity index (χ0) is 13.7. The number of carbonyl (C=O) groups is 1. The van der Waals surface area contributed by atoms with Crippen LogP contribution in [0.5, 0.6) is 0 Å². The molecule has 2 aliphatic carbocycles. The summed E-state index contributed by atoms with van der Waals surface area (Å²) in [5, 5.41) is 2.96. The van der Waals surface area contributed by atoms with Crippen molar-refractivity contribution < 1.29 is 4.79 Å². The summed E-state index contributed by atoms with van der Waals surface area (Å²) in [4.78, 5) is 28.9. The van der Waals surface area contributed by atoms with E-state index >= 15 is 0 Å². The topological polar surface area (TPSA) is 77.8 Å². The Hall–Kier alpha value is -2.30. The van der Waals surface area contributed by atoms with Crippen molar-refractivity contribution in [3.63, 3.8) is 0 Å². The van der Waals surface area contributed by atoms with Crippen molar-refractivity contribution in [2.24, 2.45) is 17.8 Å². The van der Waals surface area contributed by atoms with Gasteiger partial charge < -0.3 is 15.3 Å². The van der Waals surface area contributed by atoms with Crippen LogP contribution in [0.1, 0.15) is 12.8 Å². The van der Waals surface area contributed by atoms with E-state index in [2.05, 4.69) is 27.4 Å². The van der Waals surface area contributed by atoms with Gasteiger partial charge in [0.2, 0.25) is 5.91 Å². The van der Waals surface area contributed by atoms with E-state index in [1.807, 2.05) is 6.07 Å². The lowest BCUT2D eigenvalue weighted by molar-refractivity contribution is -0.120. The Morgan fingerprint density at radius 2 is 2.00 bits per heavy atom. The second kappa shape index (κ2) is 4.10. The van der Waals surface area contributed by atoms with Gasteiger partial charge in [0.1, 0.15) is 0 Å². The first-order valence-corrected chi connectivity index (χ1v) is 6.90. The van der Waals surface area contributed by atoms with E-state index in [0.717, 1.165) is 24.0 Å². The first-order chi connectivity index (χ1) is 9.69. The SMILES string of the molecule is O=C(Nc1ccc2[nH]c(=O)[nH]c2c1)[C@@H]1C[C@H]2C=C[C@H]1C2. The number of amides is 1. The van der Waals surface area contributed by atoms with Gasteiger partial charge in [0.05, 0.1) is 11.0 Å². The zero-order valence-electron chi connectivity index (χ0n) is 10.8. The van der Waals surface area contributed by atoms with E-state index in [4.69, 9.17) is 0 Å². The summed E-state index contributed by atoms with van der Waals surface area (Å²) in [5.74, 6) is 1.15. The molecule has 0 radical (unpaired) electrons. The number of aromatic amines is 2. The quantitative estimate of drug-likeness (QED) is 0.729. The summed E-state index contributed by atoms with van der Waals surface area (Å²) in [6, 6.07) is 5.39. The number of aromatic nitrogens is 2. The Bertz CT molecular complexity index is 771. The minimum Gasteiger partial charge on any atom is -0.326 e. The smallest absolute Gasteiger partial charge is 0.323 e. The summed E-state index contributed by atoms with van der Waals surface area (Å²) < 4.78 is 0. The van der Waals surface area contributed by atoms with Gasteiger partial charge in [-0.15, -0.1) is 0 Å². The van der Waals surface area contributed by atoms with Crippen molar-refractivity contribution in [3.05, 3.63) is 40.8 Å². The molecule has 5 heteroatoms. The third-order valence-corrected chi connectivity index (χ3v) is 4.40. The van der Waals surface area contributed by atoms with Crippen LogP contribution in [0.3, 0.4) is 0 Å². The van der Waals surface area contributed by atoms with Crippen LogP contribution in [0.15, 0.2) is 35.1 Å². The number of rotatable bonds is 2. The molecule has 0 saturated heterocycles. The van der Waals surface area contributed by atoms with Crippen LogP contribution in [0, 0.1) is 17.8 Å². The van der Waals surface area contributed by atoms with Gasteiger partial charge in [-0.25, -0.2) is 4.79 Å². The molecule has 1 saturated carbocycles. The van der Waals surface area contributed by atoms with Crippen molar-refractivity contribution in [1.29, 1.82) is 0 Å². The molecule has 2 aliphatic rings. The fourth-order valence-corrected chi connectivity index (χ4v) is 3.43. The van der Waals surface area contributed by atoms with Crippen molar-refractivity contribution >= 4 is 22.6 Å². The summed E-state index contributed by atoms with van der Waals surface area (Å²) in [6.07, 6.45) is 6.47. The van der Waals surface area contributed by atoms with Gasteiger partial charge in [0.15, 0.2) is 0 Å². The van der Waals surface area contributed by atoms with Gasteiger partial charge in [0, 0.05) is 11.6 Å². The maximum Gasteiger partial charge on any atom is 0.323 e. The lowest BCUT2D eigenvalue weighted by Crippen LogP contribution is -2.25. The summed E-state index contributed by atoms with van der Waals surface area (Å²) in [7, 11) is 0. The van der Waals surface area contributed by atoms with Crippen LogP contribution in [-0.2, 0) is 4.79 Å². The van der Waals surface area contributed by atoms with Crippen LogP contribution in [0.4, 0.5) is 5.69 Å². The number of benzene rings is 1. The molecule has 0 unspecified atom stereocenters. The molecular weight excluding hydrogens is 254 g/mol. The molecule has 1 aromatic heterocycles. The van der Waals surface area contributed by atoms with Crippen LogP contribution in [0.2, 0.25) is 0 Å². The summed E-state index contributed by atoms with van der Waals surface area (Å²) in [5.41, 5.74) is 1.95. The third-order valence-electron chi connectivity index (χ3n) is 4.40. The molecule has 1 aromatic carbocycles. The maximum atomic E-state index is 12.3. The Morgan fingerprint density at radius 3 is 2.75 bits per heavy atom. The molecular formula is C15H15N3O2. The van der Waals surface area contributed by atoms with Crippen LogP contribution < -0.4 is 11.0 Å². The van der Waals surface area contributed by atoms with Crippen molar-refractivity contribution in [2.75, 3.05) is 5.32 Å². The van der Waals surface area contributed by atoms with Crippen LogP contribution in [0.25, 0.3) is 11.0 Å². The molecule has 102 valence electrons. The Balaban J connectivity index is 1.56. The minimum absolute atomic E-state index is 0.0825. The average Bonchev–Trinajstić information content (AvgIpc) is 3.11. The fraction of sp³-hybridized carbons (Fsp3) is 0.333. The molecule has 0 spiro atoms. The van der Waals surface area contributed by atoms with Gasteiger partial charge in [-0.2, -0.15) is 0 Å². The molecule has 1 heterocycles. The van der Waals surface area contributed by atoms with Crippen molar-refractivity contribution in [3.8, 4) is 0 Å². The minimum atomic E-state index is -0.235.